The van der Waals surface area contributed by atoms with E-state index in [1.165, 1.54) is 13.8 Å². The van der Waals surface area contributed by atoms with Crippen molar-refractivity contribution in [1.82, 2.24) is 5.32 Å². The molecule has 0 aromatic rings. The van der Waals surface area contributed by atoms with E-state index < -0.39 is 6.23 Å². The largest absolute Gasteiger partial charge is 0.374 e. The van der Waals surface area contributed by atoms with Gasteiger partial charge in [0.25, 0.3) is 0 Å². The molecule has 0 aliphatic rings. The van der Waals surface area contributed by atoms with E-state index in [0.717, 1.165) is 0 Å². The van der Waals surface area contributed by atoms with Crippen LogP contribution in [0.5, 0.6) is 0 Å². The molecule has 0 saturated heterocycles. The Morgan fingerprint density at radius 3 is 2.29 bits per heavy atom. The van der Waals surface area contributed by atoms with E-state index in [4.69, 9.17) is 5.11 Å². The van der Waals surface area contributed by atoms with Gasteiger partial charge < -0.3 is 10.4 Å². The van der Waals surface area contributed by atoms with E-state index in [0.29, 0.717) is 0 Å². The number of aliphatic hydroxyl groups is 1. The van der Waals surface area contributed by atoms with Crippen molar-refractivity contribution in [3.05, 3.63) is 0 Å². The van der Waals surface area contributed by atoms with Gasteiger partial charge in [-0.2, -0.15) is 0 Å². The van der Waals surface area contributed by atoms with Crippen LogP contribution in [0, 0.1) is 0 Å². The van der Waals surface area contributed by atoms with Crippen LogP contribution in [0.4, 0.5) is 0 Å². The smallest absolute Gasteiger partial charge is 0.218 e. The van der Waals surface area contributed by atoms with Crippen LogP contribution in [0.25, 0.3) is 0 Å². The van der Waals surface area contributed by atoms with Crippen molar-refractivity contribution in [3.8, 4) is 0 Å². The van der Waals surface area contributed by atoms with Crippen LogP contribution in [0.1, 0.15) is 13.8 Å². The van der Waals surface area contributed by atoms with Gasteiger partial charge in [-0.1, -0.05) is 0 Å². The minimum Gasteiger partial charge on any atom is -0.374 e. The van der Waals surface area contributed by atoms with Crippen LogP contribution in [-0.2, 0) is 4.79 Å². The maximum absolute atomic E-state index is 9.98. The standard InChI is InChI=1S/C4H9NO2/c1-3(6)5-4(2)7/h3,6H,1-2H3,(H,5,7)/t3-/m0/s1. The molecule has 3 nitrogen and oxygen atoms in total. The minimum absolute atomic E-state index is 0.213. The Labute approximate surface area is 42.3 Å². The van der Waals surface area contributed by atoms with Gasteiger partial charge in [0, 0.05) is 6.92 Å². The Hall–Kier alpha value is -0.570. The summed E-state index contributed by atoms with van der Waals surface area (Å²) in [7, 11) is 0. The second-order valence-electron chi connectivity index (χ2n) is 1.38. The Morgan fingerprint density at radius 2 is 2.29 bits per heavy atom. The molecule has 0 bridgehead atoms. The van der Waals surface area contributed by atoms with Crippen molar-refractivity contribution in [2.45, 2.75) is 20.1 Å². The van der Waals surface area contributed by atoms with Crippen molar-refractivity contribution < 1.29 is 9.90 Å². The molecule has 0 aromatic carbocycles. The third-order valence-electron chi connectivity index (χ3n) is 0.412. The fourth-order valence-corrected chi connectivity index (χ4v) is 0.294. The van der Waals surface area contributed by atoms with Crippen molar-refractivity contribution in [1.29, 1.82) is 0 Å². The van der Waals surface area contributed by atoms with Gasteiger partial charge >= 0.3 is 0 Å². The summed E-state index contributed by atoms with van der Waals surface area (Å²) in [5, 5.41) is 10.6. The predicted molar refractivity (Wildman–Crippen MR) is 25.5 cm³/mol. The molecule has 0 aliphatic carbocycles. The summed E-state index contributed by atoms with van der Waals surface area (Å²) < 4.78 is 0. The molecule has 0 aliphatic heterocycles. The third-order valence-corrected chi connectivity index (χ3v) is 0.412. The van der Waals surface area contributed by atoms with Gasteiger partial charge in [0.1, 0.15) is 6.23 Å². The lowest BCUT2D eigenvalue weighted by Crippen LogP contribution is -2.29. The lowest BCUT2D eigenvalue weighted by Gasteiger charge is -2.01. The average Bonchev–Trinajstić information content (AvgIpc) is 1.27. The molecule has 0 aromatic heterocycles. The summed E-state index contributed by atoms with van der Waals surface area (Å²) in [4.78, 5) is 9.98. The molecule has 0 radical (unpaired) electrons. The van der Waals surface area contributed by atoms with E-state index in [9.17, 15) is 4.79 Å². The number of rotatable bonds is 1. The van der Waals surface area contributed by atoms with E-state index in [-0.39, 0.29) is 5.91 Å². The number of carbonyl (C=O) groups is 1. The molecule has 0 spiro atoms. The van der Waals surface area contributed by atoms with Crippen LogP contribution in [-0.4, -0.2) is 17.2 Å². The topological polar surface area (TPSA) is 49.3 Å². The van der Waals surface area contributed by atoms with Crippen LogP contribution in [0.2, 0.25) is 0 Å². The first-order valence-corrected chi connectivity index (χ1v) is 2.08. The number of nitrogens with one attached hydrogen (secondary N) is 1. The Balaban J connectivity index is 3.13. The molecule has 0 fully saturated rings. The van der Waals surface area contributed by atoms with Crippen molar-refractivity contribution in [2.75, 3.05) is 0 Å². The van der Waals surface area contributed by atoms with E-state index in [1.54, 1.807) is 0 Å². The summed E-state index contributed by atoms with van der Waals surface area (Å²) >= 11 is 0. The monoisotopic (exact) mass is 103 g/mol. The quantitative estimate of drug-likeness (QED) is 0.438. The zero-order chi connectivity index (χ0) is 5.86. The highest BCUT2D eigenvalue weighted by Gasteiger charge is 1.92. The maximum Gasteiger partial charge on any atom is 0.218 e. The number of hydrogen-bond donors (Lipinski definition) is 2. The zero-order valence-electron chi connectivity index (χ0n) is 4.43. The minimum atomic E-state index is -0.725. The lowest BCUT2D eigenvalue weighted by molar-refractivity contribution is -0.121. The first-order chi connectivity index (χ1) is 3.13. The van der Waals surface area contributed by atoms with Crippen LogP contribution in [0.3, 0.4) is 0 Å². The van der Waals surface area contributed by atoms with Crippen molar-refractivity contribution >= 4 is 5.91 Å². The number of amides is 1. The van der Waals surface area contributed by atoms with Gasteiger partial charge in [0.2, 0.25) is 5.91 Å². The Kier molecular flexibility index (Phi) is 2.37. The van der Waals surface area contributed by atoms with Gasteiger partial charge in [0.05, 0.1) is 0 Å². The number of aliphatic hydroxyl groups excluding tert-OH is 1. The maximum atomic E-state index is 9.98. The highest BCUT2D eigenvalue weighted by Crippen LogP contribution is 1.68. The molecule has 0 rings (SSSR count). The summed E-state index contributed by atoms with van der Waals surface area (Å²) in [6, 6.07) is 0. The Bertz CT molecular complexity index is 70.1. The van der Waals surface area contributed by atoms with Gasteiger partial charge in [0.15, 0.2) is 0 Å². The molecular formula is C4H9NO2. The van der Waals surface area contributed by atoms with Crippen LogP contribution >= 0.6 is 0 Å². The first-order valence-electron chi connectivity index (χ1n) is 2.08. The van der Waals surface area contributed by atoms with Crippen LogP contribution in [0.15, 0.2) is 0 Å². The van der Waals surface area contributed by atoms with Crippen LogP contribution < -0.4 is 5.32 Å². The molecule has 42 valence electrons. The highest BCUT2D eigenvalue weighted by molar-refractivity contribution is 5.72. The summed E-state index contributed by atoms with van der Waals surface area (Å²) in [6.07, 6.45) is -0.725. The molecule has 1 atom stereocenters. The molecular weight excluding hydrogens is 94.0 g/mol. The normalized spacial score (nSPS) is 13.0. The second kappa shape index (κ2) is 2.58. The van der Waals surface area contributed by atoms with Crippen molar-refractivity contribution in [2.24, 2.45) is 0 Å². The lowest BCUT2D eigenvalue weighted by atomic mass is 10.6. The molecule has 1 amide bonds. The molecule has 3 heteroatoms. The third kappa shape index (κ3) is 5.43. The highest BCUT2D eigenvalue weighted by atomic mass is 16.3. The molecule has 0 unspecified atom stereocenters. The van der Waals surface area contributed by atoms with Gasteiger partial charge in [-0.25, -0.2) is 0 Å². The van der Waals surface area contributed by atoms with E-state index in [1.807, 2.05) is 0 Å². The van der Waals surface area contributed by atoms with Crippen molar-refractivity contribution in [3.63, 3.8) is 0 Å². The molecule has 7 heavy (non-hydrogen) atoms. The van der Waals surface area contributed by atoms with E-state index >= 15 is 0 Å². The second-order valence-corrected chi connectivity index (χ2v) is 1.38. The summed E-state index contributed by atoms with van der Waals surface area (Å²) in [5.41, 5.74) is 0. The predicted octanol–water partition coefficient (Wildman–Crippen LogP) is -0.539. The van der Waals surface area contributed by atoms with Gasteiger partial charge in [-0.05, 0) is 6.92 Å². The number of carbonyl (C=O) groups excluding carboxylic acids is 1. The van der Waals surface area contributed by atoms with Gasteiger partial charge in [-0.3, -0.25) is 4.79 Å². The number of hydrogen-bond acceptors (Lipinski definition) is 2. The molecule has 0 heterocycles. The molecule has 0 saturated carbocycles. The fourth-order valence-electron chi connectivity index (χ4n) is 0.294. The zero-order valence-corrected chi connectivity index (χ0v) is 4.43. The first kappa shape index (κ1) is 6.43. The summed E-state index contributed by atoms with van der Waals surface area (Å²) in [6.45, 7) is 2.84. The SMILES string of the molecule is CC(=O)N[C@H](C)O. The fraction of sp³-hybridized carbons (Fsp3) is 0.750. The average molecular weight is 103 g/mol. The molecule has 2 N–H and O–H groups in total. The Morgan fingerprint density at radius 1 is 1.86 bits per heavy atom. The van der Waals surface area contributed by atoms with Gasteiger partial charge in [-0.15, -0.1) is 0 Å². The summed E-state index contributed by atoms with van der Waals surface area (Å²) in [5.74, 6) is -0.213. The van der Waals surface area contributed by atoms with E-state index in [2.05, 4.69) is 5.32 Å².